The van der Waals surface area contributed by atoms with Crippen molar-refractivity contribution in [2.75, 3.05) is 5.32 Å². The van der Waals surface area contributed by atoms with Gasteiger partial charge < -0.3 is 10.1 Å². The standard InChI is InChI=1S/C19H20N2O5/c1-11-7-5-9-16(12(11)2)20-18(22)14(4)26-19(23)15-8-6-10-17(13(15)3)21(24)25/h5-10,14H,1-4H3,(H,20,22)/t14-/m0/s1. The molecule has 7 heteroatoms. The molecule has 0 aliphatic rings. The van der Waals surface area contributed by atoms with Gasteiger partial charge in [0.25, 0.3) is 11.6 Å². The van der Waals surface area contributed by atoms with Crippen LogP contribution in [0.3, 0.4) is 0 Å². The first-order valence-corrected chi connectivity index (χ1v) is 8.04. The first-order valence-electron chi connectivity index (χ1n) is 8.04. The van der Waals surface area contributed by atoms with Gasteiger partial charge in [0.2, 0.25) is 0 Å². The van der Waals surface area contributed by atoms with E-state index < -0.39 is 22.9 Å². The summed E-state index contributed by atoms with van der Waals surface area (Å²) in [4.78, 5) is 35.0. The van der Waals surface area contributed by atoms with Crippen molar-refractivity contribution in [2.45, 2.75) is 33.8 Å². The van der Waals surface area contributed by atoms with Crippen LogP contribution in [0, 0.1) is 30.9 Å². The molecule has 136 valence electrons. The summed E-state index contributed by atoms with van der Waals surface area (Å²) in [6.07, 6.45) is -1.05. The van der Waals surface area contributed by atoms with Crippen LogP contribution in [-0.2, 0) is 9.53 Å². The van der Waals surface area contributed by atoms with Gasteiger partial charge in [0.1, 0.15) is 0 Å². The van der Waals surface area contributed by atoms with Crippen LogP contribution < -0.4 is 5.32 Å². The second kappa shape index (κ2) is 7.77. The Morgan fingerprint density at radius 1 is 1.08 bits per heavy atom. The van der Waals surface area contributed by atoms with Crippen LogP contribution in [0.4, 0.5) is 11.4 Å². The fourth-order valence-corrected chi connectivity index (χ4v) is 2.44. The number of nitrogens with zero attached hydrogens (tertiary/aromatic N) is 1. The van der Waals surface area contributed by atoms with E-state index in [2.05, 4.69) is 5.32 Å². The Kier molecular flexibility index (Phi) is 5.71. The molecule has 1 amide bonds. The van der Waals surface area contributed by atoms with Crippen molar-refractivity contribution >= 4 is 23.3 Å². The molecule has 0 aliphatic heterocycles. The Labute approximate surface area is 151 Å². The predicted octanol–water partition coefficient (Wildman–Crippen LogP) is 3.70. The first-order chi connectivity index (χ1) is 12.2. The average molecular weight is 356 g/mol. The van der Waals surface area contributed by atoms with Crippen LogP contribution in [0.5, 0.6) is 0 Å². The number of rotatable bonds is 5. The highest BCUT2D eigenvalue weighted by atomic mass is 16.6. The number of carbonyl (C=O) groups excluding carboxylic acids is 2. The van der Waals surface area contributed by atoms with E-state index in [4.69, 9.17) is 4.74 Å². The molecule has 0 bridgehead atoms. The Bertz CT molecular complexity index is 876. The monoisotopic (exact) mass is 356 g/mol. The molecular weight excluding hydrogens is 336 g/mol. The van der Waals surface area contributed by atoms with Crippen LogP contribution in [0.1, 0.15) is 34.0 Å². The van der Waals surface area contributed by atoms with Crippen molar-refractivity contribution in [1.82, 2.24) is 0 Å². The van der Waals surface area contributed by atoms with Gasteiger partial charge in [-0.25, -0.2) is 4.79 Å². The number of nitrogens with one attached hydrogen (secondary N) is 1. The molecule has 2 aromatic rings. The van der Waals surface area contributed by atoms with E-state index in [-0.39, 0.29) is 16.8 Å². The van der Waals surface area contributed by atoms with E-state index in [0.717, 1.165) is 11.1 Å². The quantitative estimate of drug-likeness (QED) is 0.500. The number of esters is 1. The maximum absolute atomic E-state index is 12.3. The molecule has 1 atom stereocenters. The smallest absolute Gasteiger partial charge is 0.339 e. The van der Waals surface area contributed by atoms with Crippen LogP contribution in [0.25, 0.3) is 0 Å². The zero-order valence-electron chi connectivity index (χ0n) is 15.0. The Hall–Kier alpha value is -3.22. The van der Waals surface area contributed by atoms with Crippen molar-refractivity contribution in [3.63, 3.8) is 0 Å². The number of ether oxygens (including phenoxy) is 1. The summed E-state index contributed by atoms with van der Waals surface area (Å²) in [6, 6.07) is 9.66. The highest BCUT2D eigenvalue weighted by Gasteiger charge is 2.23. The van der Waals surface area contributed by atoms with Gasteiger partial charge in [-0.05, 0) is 51.0 Å². The summed E-state index contributed by atoms with van der Waals surface area (Å²) in [7, 11) is 0. The number of nitro groups is 1. The van der Waals surface area contributed by atoms with Crippen LogP contribution >= 0.6 is 0 Å². The number of amides is 1. The average Bonchev–Trinajstić information content (AvgIpc) is 2.58. The normalized spacial score (nSPS) is 11.5. The van der Waals surface area contributed by atoms with E-state index in [9.17, 15) is 19.7 Å². The highest BCUT2D eigenvalue weighted by molar-refractivity contribution is 5.98. The second-order valence-electron chi connectivity index (χ2n) is 5.99. The number of benzene rings is 2. The van der Waals surface area contributed by atoms with E-state index in [1.54, 1.807) is 6.07 Å². The zero-order chi connectivity index (χ0) is 19.4. The Morgan fingerprint density at radius 2 is 1.73 bits per heavy atom. The van der Waals surface area contributed by atoms with Crippen molar-refractivity contribution in [2.24, 2.45) is 0 Å². The van der Waals surface area contributed by atoms with Gasteiger partial charge in [-0.15, -0.1) is 0 Å². The number of carbonyl (C=O) groups is 2. The minimum atomic E-state index is -1.05. The molecule has 0 saturated heterocycles. The molecule has 0 unspecified atom stereocenters. The van der Waals surface area contributed by atoms with Crippen LogP contribution in [0.15, 0.2) is 36.4 Å². The van der Waals surface area contributed by atoms with Gasteiger partial charge in [0.15, 0.2) is 6.10 Å². The van der Waals surface area contributed by atoms with Crippen LogP contribution in [-0.4, -0.2) is 22.9 Å². The van der Waals surface area contributed by atoms with E-state index in [0.29, 0.717) is 5.69 Å². The Morgan fingerprint density at radius 3 is 2.38 bits per heavy atom. The maximum Gasteiger partial charge on any atom is 0.339 e. The molecule has 0 aromatic heterocycles. The molecule has 0 aliphatic carbocycles. The number of anilines is 1. The van der Waals surface area contributed by atoms with Crippen LogP contribution in [0.2, 0.25) is 0 Å². The predicted molar refractivity (Wildman–Crippen MR) is 97.3 cm³/mol. The lowest BCUT2D eigenvalue weighted by Crippen LogP contribution is -2.30. The SMILES string of the molecule is Cc1cccc(NC(=O)[C@H](C)OC(=O)c2cccc([N+](=O)[O-])c2C)c1C. The van der Waals surface area contributed by atoms with Crippen molar-refractivity contribution < 1.29 is 19.2 Å². The summed E-state index contributed by atoms with van der Waals surface area (Å²) >= 11 is 0. The molecule has 0 heterocycles. The lowest BCUT2D eigenvalue weighted by atomic mass is 10.1. The molecule has 2 aromatic carbocycles. The fraction of sp³-hybridized carbons (Fsp3) is 0.263. The first kappa shape index (κ1) is 19.1. The van der Waals surface area contributed by atoms with Gasteiger partial charge in [-0.2, -0.15) is 0 Å². The van der Waals surface area contributed by atoms with Gasteiger partial charge in [-0.1, -0.05) is 18.2 Å². The second-order valence-corrected chi connectivity index (χ2v) is 5.99. The largest absolute Gasteiger partial charge is 0.449 e. The van der Waals surface area contributed by atoms with Crippen molar-refractivity contribution in [3.8, 4) is 0 Å². The fourth-order valence-electron chi connectivity index (χ4n) is 2.44. The van der Waals surface area contributed by atoms with E-state index in [1.807, 2.05) is 26.0 Å². The maximum atomic E-state index is 12.3. The lowest BCUT2D eigenvalue weighted by molar-refractivity contribution is -0.385. The van der Waals surface area contributed by atoms with Gasteiger partial charge in [-0.3, -0.25) is 14.9 Å². The van der Waals surface area contributed by atoms with Crippen molar-refractivity contribution in [1.29, 1.82) is 0 Å². The molecule has 0 fully saturated rings. The van der Waals surface area contributed by atoms with E-state index in [1.165, 1.54) is 32.0 Å². The topological polar surface area (TPSA) is 98.5 Å². The number of hydrogen-bond acceptors (Lipinski definition) is 5. The number of hydrogen-bond donors (Lipinski definition) is 1. The summed E-state index contributed by atoms with van der Waals surface area (Å²) < 4.78 is 5.18. The zero-order valence-corrected chi connectivity index (χ0v) is 15.0. The van der Waals surface area contributed by atoms with Gasteiger partial charge in [0.05, 0.1) is 10.5 Å². The third kappa shape index (κ3) is 4.05. The number of aryl methyl sites for hydroxylation is 1. The summed E-state index contributed by atoms with van der Waals surface area (Å²) in [6.45, 7) is 6.73. The minimum Gasteiger partial charge on any atom is -0.449 e. The molecule has 0 spiro atoms. The summed E-state index contributed by atoms with van der Waals surface area (Å²) in [5.74, 6) is -1.26. The molecule has 7 nitrogen and oxygen atoms in total. The molecule has 0 radical (unpaired) electrons. The molecular formula is C19H20N2O5. The molecule has 2 rings (SSSR count). The number of nitro benzene ring substituents is 1. The lowest BCUT2D eigenvalue weighted by Gasteiger charge is -2.16. The van der Waals surface area contributed by atoms with Crippen molar-refractivity contribution in [3.05, 3.63) is 68.8 Å². The molecule has 0 saturated carbocycles. The van der Waals surface area contributed by atoms with Gasteiger partial charge in [0, 0.05) is 17.3 Å². The molecule has 1 N–H and O–H groups in total. The minimum absolute atomic E-state index is 0.0607. The third-order valence-electron chi connectivity index (χ3n) is 4.24. The summed E-state index contributed by atoms with van der Waals surface area (Å²) in [5, 5.41) is 13.7. The Balaban J connectivity index is 2.12. The third-order valence-corrected chi connectivity index (χ3v) is 4.24. The van der Waals surface area contributed by atoms with E-state index >= 15 is 0 Å². The highest BCUT2D eigenvalue weighted by Crippen LogP contribution is 2.22. The van der Waals surface area contributed by atoms with Gasteiger partial charge >= 0.3 is 5.97 Å². The summed E-state index contributed by atoms with van der Waals surface area (Å²) in [5.41, 5.74) is 2.68. The molecule has 26 heavy (non-hydrogen) atoms.